The van der Waals surface area contributed by atoms with E-state index in [2.05, 4.69) is 28.3 Å². The molecule has 0 aliphatic heterocycles. The van der Waals surface area contributed by atoms with Gasteiger partial charge in [0.2, 0.25) is 0 Å². The fourth-order valence-corrected chi connectivity index (χ4v) is 2.17. The van der Waals surface area contributed by atoms with Gasteiger partial charge in [0.15, 0.2) is 0 Å². The highest BCUT2D eigenvalue weighted by Crippen LogP contribution is 2.24. The van der Waals surface area contributed by atoms with Crippen molar-refractivity contribution in [3.05, 3.63) is 40.7 Å². The smallest absolute Gasteiger partial charge is 0.130 e. The van der Waals surface area contributed by atoms with Crippen LogP contribution in [0.5, 0.6) is 0 Å². The van der Waals surface area contributed by atoms with Crippen molar-refractivity contribution in [3.63, 3.8) is 0 Å². The van der Waals surface area contributed by atoms with Gasteiger partial charge in [0.1, 0.15) is 23.2 Å². The summed E-state index contributed by atoms with van der Waals surface area (Å²) in [5, 5.41) is 3.38. The molecule has 0 spiro atoms. The van der Waals surface area contributed by atoms with E-state index in [4.69, 9.17) is 4.42 Å². The fourth-order valence-electron chi connectivity index (χ4n) is 2.17. The Kier molecular flexibility index (Phi) is 3.36. The van der Waals surface area contributed by atoms with Gasteiger partial charge in [-0.1, -0.05) is 0 Å². The molecule has 2 heterocycles. The molecule has 0 aliphatic carbocycles. The molecule has 0 bridgehead atoms. The highest BCUT2D eigenvalue weighted by atomic mass is 16.3. The van der Waals surface area contributed by atoms with Crippen LogP contribution in [0.3, 0.4) is 0 Å². The van der Waals surface area contributed by atoms with Gasteiger partial charge in [0.25, 0.3) is 0 Å². The molecule has 0 amide bonds. The number of anilines is 1. The third-order valence-corrected chi connectivity index (χ3v) is 2.88. The molecular weight excluding hydrogens is 226 g/mol. The molecule has 2 aromatic rings. The summed E-state index contributed by atoms with van der Waals surface area (Å²) < 4.78 is 5.55. The first-order valence-corrected chi connectivity index (χ1v) is 6.11. The molecular formula is C14H19N3O. The Morgan fingerprint density at radius 1 is 1.11 bits per heavy atom. The minimum atomic E-state index is 0.163. The summed E-state index contributed by atoms with van der Waals surface area (Å²) in [7, 11) is 0. The molecule has 0 saturated carbocycles. The molecule has 0 saturated heterocycles. The Morgan fingerprint density at radius 3 is 2.39 bits per heavy atom. The maximum absolute atomic E-state index is 5.55. The standard InChI is InChI=1S/C14H19N3O/c1-8-6-14(17-12(5)15-8)16-10(3)13-7-9(2)18-11(13)4/h6-7,10H,1-5H3,(H,15,16,17). The van der Waals surface area contributed by atoms with Crippen LogP contribution in [0.2, 0.25) is 0 Å². The first kappa shape index (κ1) is 12.6. The largest absolute Gasteiger partial charge is 0.466 e. The van der Waals surface area contributed by atoms with Crippen LogP contribution in [0.4, 0.5) is 5.82 Å². The molecule has 18 heavy (non-hydrogen) atoms. The zero-order valence-electron chi connectivity index (χ0n) is 11.5. The van der Waals surface area contributed by atoms with Gasteiger partial charge in [-0.25, -0.2) is 9.97 Å². The first-order chi connectivity index (χ1) is 8.45. The van der Waals surface area contributed by atoms with Crippen molar-refractivity contribution in [2.24, 2.45) is 0 Å². The Labute approximate surface area is 107 Å². The van der Waals surface area contributed by atoms with Crippen molar-refractivity contribution < 1.29 is 4.42 Å². The SMILES string of the molecule is Cc1cc(NC(C)c2cc(C)oc2C)nc(C)n1. The number of hydrogen-bond donors (Lipinski definition) is 1. The number of furan rings is 1. The predicted octanol–water partition coefficient (Wildman–Crippen LogP) is 3.48. The Hall–Kier alpha value is -1.84. The van der Waals surface area contributed by atoms with E-state index in [1.807, 2.05) is 33.8 Å². The van der Waals surface area contributed by atoms with Gasteiger partial charge in [0.05, 0.1) is 6.04 Å². The highest BCUT2D eigenvalue weighted by Gasteiger charge is 2.13. The van der Waals surface area contributed by atoms with E-state index in [-0.39, 0.29) is 6.04 Å². The van der Waals surface area contributed by atoms with E-state index in [0.29, 0.717) is 0 Å². The minimum absolute atomic E-state index is 0.163. The lowest BCUT2D eigenvalue weighted by Gasteiger charge is -2.14. The maximum Gasteiger partial charge on any atom is 0.130 e. The lowest BCUT2D eigenvalue weighted by molar-refractivity contribution is 0.499. The topological polar surface area (TPSA) is 51.0 Å². The van der Waals surface area contributed by atoms with Crippen LogP contribution in [-0.4, -0.2) is 9.97 Å². The van der Waals surface area contributed by atoms with Crippen molar-refractivity contribution in [2.75, 3.05) is 5.32 Å². The maximum atomic E-state index is 5.55. The molecule has 0 fully saturated rings. The summed E-state index contributed by atoms with van der Waals surface area (Å²) in [6.07, 6.45) is 0. The highest BCUT2D eigenvalue weighted by molar-refractivity contribution is 5.40. The second-order valence-electron chi connectivity index (χ2n) is 4.68. The van der Waals surface area contributed by atoms with E-state index in [1.165, 1.54) is 5.56 Å². The van der Waals surface area contributed by atoms with Crippen LogP contribution in [0, 0.1) is 27.7 Å². The van der Waals surface area contributed by atoms with Gasteiger partial charge in [-0.3, -0.25) is 0 Å². The van der Waals surface area contributed by atoms with Crippen molar-refractivity contribution in [3.8, 4) is 0 Å². The number of rotatable bonds is 3. The Bertz CT molecular complexity index is 540. The van der Waals surface area contributed by atoms with Crippen LogP contribution in [-0.2, 0) is 0 Å². The van der Waals surface area contributed by atoms with Crippen LogP contribution >= 0.6 is 0 Å². The number of hydrogen-bond acceptors (Lipinski definition) is 4. The van der Waals surface area contributed by atoms with Crippen LogP contribution < -0.4 is 5.32 Å². The van der Waals surface area contributed by atoms with E-state index in [1.54, 1.807) is 0 Å². The molecule has 4 heteroatoms. The summed E-state index contributed by atoms with van der Waals surface area (Å²) in [6.45, 7) is 9.91. The molecule has 0 aliphatic rings. The molecule has 1 unspecified atom stereocenters. The van der Waals surface area contributed by atoms with Gasteiger partial charge >= 0.3 is 0 Å². The van der Waals surface area contributed by atoms with Crippen LogP contribution in [0.15, 0.2) is 16.5 Å². The normalized spacial score (nSPS) is 12.5. The molecule has 4 nitrogen and oxygen atoms in total. The van der Waals surface area contributed by atoms with Gasteiger partial charge in [-0.15, -0.1) is 0 Å². The van der Waals surface area contributed by atoms with Gasteiger partial charge in [-0.2, -0.15) is 0 Å². The third-order valence-electron chi connectivity index (χ3n) is 2.88. The van der Waals surface area contributed by atoms with Crippen molar-refractivity contribution in [1.82, 2.24) is 9.97 Å². The molecule has 96 valence electrons. The number of nitrogens with zero attached hydrogens (tertiary/aromatic N) is 2. The van der Waals surface area contributed by atoms with Crippen LogP contribution in [0.1, 0.15) is 41.6 Å². The number of nitrogens with one attached hydrogen (secondary N) is 1. The fraction of sp³-hybridized carbons (Fsp3) is 0.429. The predicted molar refractivity (Wildman–Crippen MR) is 71.7 cm³/mol. The zero-order chi connectivity index (χ0) is 13.3. The minimum Gasteiger partial charge on any atom is -0.466 e. The summed E-state index contributed by atoms with van der Waals surface area (Å²) >= 11 is 0. The number of aromatic nitrogens is 2. The molecule has 1 N–H and O–H groups in total. The Morgan fingerprint density at radius 2 is 1.83 bits per heavy atom. The second-order valence-corrected chi connectivity index (χ2v) is 4.68. The average molecular weight is 245 g/mol. The third kappa shape index (κ3) is 2.70. The molecule has 2 rings (SSSR count). The van der Waals surface area contributed by atoms with E-state index < -0.39 is 0 Å². The van der Waals surface area contributed by atoms with Crippen molar-refractivity contribution >= 4 is 5.82 Å². The summed E-state index contributed by atoms with van der Waals surface area (Å²) in [4.78, 5) is 8.65. The van der Waals surface area contributed by atoms with Gasteiger partial charge in [0, 0.05) is 17.3 Å². The molecule has 2 aromatic heterocycles. The van der Waals surface area contributed by atoms with E-state index in [0.717, 1.165) is 28.9 Å². The molecule has 0 aromatic carbocycles. The summed E-state index contributed by atoms with van der Waals surface area (Å²) in [6, 6.07) is 4.18. The monoisotopic (exact) mass is 245 g/mol. The van der Waals surface area contributed by atoms with E-state index >= 15 is 0 Å². The second kappa shape index (κ2) is 4.80. The summed E-state index contributed by atoms with van der Waals surface area (Å²) in [5.74, 6) is 3.52. The molecule has 1 atom stereocenters. The van der Waals surface area contributed by atoms with Crippen molar-refractivity contribution in [1.29, 1.82) is 0 Å². The Balaban J connectivity index is 2.20. The van der Waals surface area contributed by atoms with Crippen molar-refractivity contribution in [2.45, 2.75) is 40.7 Å². The molecule has 0 radical (unpaired) electrons. The lowest BCUT2D eigenvalue weighted by atomic mass is 10.1. The quantitative estimate of drug-likeness (QED) is 0.899. The zero-order valence-corrected chi connectivity index (χ0v) is 11.5. The van der Waals surface area contributed by atoms with E-state index in [9.17, 15) is 0 Å². The number of aryl methyl sites for hydroxylation is 4. The van der Waals surface area contributed by atoms with Gasteiger partial charge < -0.3 is 9.73 Å². The van der Waals surface area contributed by atoms with Gasteiger partial charge in [-0.05, 0) is 40.7 Å². The van der Waals surface area contributed by atoms with Crippen LogP contribution in [0.25, 0.3) is 0 Å². The average Bonchev–Trinajstić information content (AvgIpc) is 2.56. The summed E-state index contributed by atoms with van der Waals surface area (Å²) in [5.41, 5.74) is 2.14. The lowest BCUT2D eigenvalue weighted by Crippen LogP contribution is -2.09. The first-order valence-electron chi connectivity index (χ1n) is 6.11.